The molecule has 2 rings (SSSR count). The van der Waals surface area contributed by atoms with E-state index < -0.39 is 10.0 Å². The maximum Gasteiger partial charge on any atom is 0.246 e. The Morgan fingerprint density at radius 3 is 2.65 bits per heavy atom. The van der Waals surface area contributed by atoms with Crippen LogP contribution in [-0.4, -0.2) is 47.3 Å². The highest BCUT2D eigenvalue weighted by Crippen LogP contribution is 2.39. The highest BCUT2D eigenvalue weighted by atomic mass is 32.2. The van der Waals surface area contributed by atoms with Crippen molar-refractivity contribution in [2.75, 3.05) is 19.7 Å². The molecular weight excluding hydrogens is 278 g/mol. The SMILES string of the molecule is CCC1(CC)CCN(S(=O)(=O)c2cnn(CCO)c2)C1. The van der Waals surface area contributed by atoms with Crippen LogP contribution in [0.25, 0.3) is 0 Å². The fourth-order valence-corrected chi connectivity index (χ4v) is 4.29. The molecule has 0 aliphatic carbocycles. The minimum absolute atomic E-state index is 0.0559. The molecule has 114 valence electrons. The van der Waals surface area contributed by atoms with Crippen LogP contribution in [0, 0.1) is 5.41 Å². The lowest BCUT2D eigenvalue weighted by atomic mass is 9.82. The molecule has 1 aromatic heterocycles. The lowest BCUT2D eigenvalue weighted by Gasteiger charge is -2.26. The van der Waals surface area contributed by atoms with Crippen molar-refractivity contribution >= 4 is 10.0 Å². The molecule has 1 aliphatic heterocycles. The number of aromatic nitrogens is 2. The van der Waals surface area contributed by atoms with Gasteiger partial charge >= 0.3 is 0 Å². The summed E-state index contributed by atoms with van der Waals surface area (Å²) >= 11 is 0. The lowest BCUT2D eigenvalue weighted by Crippen LogP contribution is -2.31. The Balaban J connectivity index is 2.19. The van der Waals surface area contributed by atoms with Crippen molar-refractivity contribution in [2.24, 2.45) is 5.41 Å². The standard InChI is InChI=1S/C13H23N3O3S/c1-3-13(4-2)5-6-16(11-13)20(18,19)12-9-14-15(10-12)7-8-17/h9-10,17H,3-8,11H2,1-2H3. The molecular formula is C13H23N3O3S. The molecule has 0 amide bonds. The van der Waals surface area contributed by atoms with E-state index in [-0.39, 0.29) is 16.9 Å². The van der Waals surface area contributed by atoms with Gasteiger partial charge in [-0.25, -0.2) is 8.42 Å². The van der Waals surface area contributed by atoms with Crippen molar-refractivity contribution in [2.45, 2.75) is 44.6 Å². The third-order valence-electron chi connectivity index (χ3n) is 4.48. The van der Waals surface area contributed by atoms with E-state index in [2.05, 4.69) is 18.9 Å². The van der Waals surface area contributed by atoms with Crippen LogP contribution >= 0.6 is 0 Å². The number of hydrogen-bond donors (Lipinski definition) is 1. The Bertz CT molecular complexity index is 549. The zero-order valence-corrected chi connectivity index (χ0v) is 12.9. The Hall–Kier alpha value is -0.920. The van der Waals surface area contributed by atoms with Crippen LogP contribution in [0.5, 0.6) is 0 Å². The van der Waals surface area contributed by atoms with E-state index in [0.29, 0.717) is 19.6 Å². The van der Waals surface area contributed by atoms with Gasteiger partial charge in [0.25, 0.3) is 0 Å². The van der Waals surface area contributed by atoms with Crippen LogP contribution < -0.4 is 0 Å². The number of sulfonamides is 1. The second-order valence-corrected chi connectivity index (χ2v) is 7.40. The zero-order valence-electron chi connectivity index (χ0n) is 12.1. The highest BCUT2D eigenvalue weighted by Gasteiger charge is 2.40. The van der Waals surface area contributed by atoms with E-state index >= 15 is 0 Å². The predicted octanol–water partition coefficient (Wildman–Crippen LogP) is 1.08. The first-order chi connectivity index (χ1) is 9.47. The summed E-state index contributed by atoms with van der Waals surface area (Å²) in [6.45, 7) is 5.67. The molecule has 6 nitrogen and oxygen atoms in total. The van der Waals surface area contributed by atoms with E-state index in [1.165, 1.54) is 17.1 Å². The fraction of sp³-hybridized carbons (Fsp3) is 0.769. The summed E-state index contributed by atoms with van der Waals surface area (Å²) in [5, 5.41) is 12.8. The second kappa shape index (κ2) is 5.83. The molecule has 0 atom stereocenters. The number of hydrogen-bond acceptors (Lipinski definition) is 4. The van der Waals surface area contributed by atoms with Crippen molar-refractivity contribution in [3.63, 3.8) is 0 Å². The minimum Gasteiger partial charge on any atom is -0.394 e. The summed E-state index contributed by atoms with van der Waals surface area (Å²) in [6.07, 6.45) is 5.77. The van der Waals surface area contributed by atoms with E-state index in [1.807, 2.05) is 0 Å². The summed E-state index contributed by atoms with van der Waals surface area (Å²) < 4.78 is 28.2. The van der Waals surface area contributed by atoms with Crippen LogP contribution in [-0.2, 0) is 16.6 Å². The lowest BCUT2D eigenvalue weighted by molar-refractivity contribution is 0.269. The largest absolute Gasteiger partial charge is 0.394 e. The number of aliphatic hydroxyl groups is 1. The van der Waals surface area contributed by atoms with Gasteiger partial charge in [-0.15, -0.1) is 0 Å². The average Bonchev–Trinajstić information content (AvgIpc) is 3.06. The molecule has 0 bridgehead atoms. The third kappa shape index (κ3) is 2.75. The zero-order chi connectivity index (χ0) is 14.8. The number of rotatable bonds is 6. The molecule has 1 aromatic rings. The topological polar surface area (TPSA) is 75.4 Å². The second-order valence-electron chi connectivity index (χ2n) is 5.46. The molecule has 0 saturated carbocycles. The van der Waals surface area contributed by atoms with Gasteiger partial charge in [-0.2, -0.15) is 9.40 Å². The monoisotopic (exact) mass is 301 g/mol. The summed E-state index contributed by atoms with van der Waals surface area (Å²) in [4.78, 5) is 0.217. The molecule has 20 heavy (non-hydrogen) atoms. The predicted molar refractivity (Wildman–Crippen MR) is 75.7 cm³/mol. The van der Waals surface area contributed by atoms with Gasteiger partial charge in [-0.1, -0.05) is 13.8 Å². The summed E-state index contributed by atoms with van der Waals surface area (Å²) in [5.74, 6) is 0. The molecule has 7 heteroatoms. The van der Waals surface area contributed by atoms with Crippen molar-refractivity contribution in [1.82, 2.24) is 14.1 Å². The molecule has 2 heterocycles. The molecule has 1 fully saturated rings. The van der Waals surface area contributed by atoms with E-state index in [4.69, 9.17) is 5.11 Å². The first kappa shape index (κ1) is 15.5. The van der Waals surface area contributed by atoms with Crippen molar-refractivity contribution in [3.8, 4) is 0 Å². The smallest absolute Gasteiger partial charge is 0.246 e. The summed E-state index contributed by atoms with van der Waals surface area (Å²) in [6, 6.07) is 0. The van der Waals surface area contributed by atoms with Gasteiger partial charge in [-0.05, 0) is 24.7 Å². The molecule has 1 N–H and O–H groups in total. The summed E-state index contributed by atoms with van der Waals surface area (Å²) in [5.41, 5.74) is 0.119. The molecule has 0 radical (unpaired) electrons. The fourth-order valence-electron chi connectivity index (χ4n) is 2.78. The maximum absolute atomic E-state index is 12.6. The Labute approximate surface area is 120 Å². The van der Waals surface area contributed by atoms with E-state index in [0.717, 1.165) is 19.3 Å². The van der Waals surface area contributed by atoms with E-state index in [9.17, 15) is 8.42 Å². The third-order valence-corrected chi connectivity index (χ3v) is 6.28. The molecule has 1 aliphatic rings. The highest BCUT2D eigenvalue weighted by molar-refractivity contribution is 7.89. The van der Waals surface area contributed by atoms with Gasteiger partial charge in [0.1, 0.15) is 4.90 Å². The van der Waals surface area contributed by atoms with E-state index in [1.54, 1.807) is 4.31 Å². The molecule has 0 spiro atoms. The van der Waals surface area contributed by atoms with Gasteiger partial charge < -0.3 is 5.11 Å². The Morgan fingerprint density at radius 1 is 1.40 bits per heavy atom. The van der Waals surface area contributed by atoms with Gasteiger partial charge in [0, 0.05) is 19.3 Å². The average molecular weight is 301 g/mol. The molecule has 1 saturated heterocycles. The van der Waals surface area contributed by atoms with Crippen LogP contribution in [0.1, 0.15) is 33.1 Å². The Morgan fingerprint density at radius 2 is 2.10 bits per heavy atom. The van der Waals surface area contributed by atoms with Crippen LogP contribution in [0.15, 0.2) is 17.3 Å². The van der Waals surface area contributed by atoms with Crippen LogP contribution in [0.3, 0.4) is 0 Å². The van der Waals surface area contributed by atoms with Crippen molar-refractivity contribution in [3.05, 3.63) is 12.4 Å². The number of nitrogens with zero attached hydrogens (tertiary/aromatic N) is 3. The van der Waals surface area contributed by atoms with Crippen molar-refractivity contribution in [1.29, 1.82) is 0 Å². The van der Waals surface area contributed by atoms with Gasteiger partial charge in [0.05, 0.1) is 19.3 Å². The summed E-state index contributed by atoms with van der Waals surface area (Å²) in [7, 11) is -3.46. The maximum atomic E-state index is 12.6. The van der Waals surface area contributed by atoms with Gasteiger partial charge in [0.2, 0.25) is 10.0 Å². The van der Waals surface area contributed by atoms with Crippen LogP contribution in [0.4, 0.5) is 0 Å². The first-order valence-corrected chi connectivity index (χ1v) is 8.55. The van der Waals surface area contributed by atoms with Gasteiger partial charge in [0.15, 0.2) is 0 Å². The van der Waals surface area contributed by atoms with Crippen molar-refractivity contribution < 1.29 is 13.5 Å². The quantitative estimate of drug-likeness (QED) is 0.853. The van der Waals surface area contributed by atoms with Gasteiger partial charge in [-0.3, -0.25) is 4.68 Å². The van der Waals surface area contributed by atoms with Crippen LogP contribution in [0.2, 0.25) is 0 Å². The first-order valence-electron chi connectivity index (χ1n) is 7.11. The number of aliphatic hydroxyl groups excluding tert-OH is 1. The minimum atomic E-state index is -3.46. The molecule has 0 aromatic carbocycles. The molecule has 0 unspecified atom stereocenters. The Kier molecular flexibility index (Phi) is 4.51. The normalized spacial score (nSPS) is 19.6.